The van der Waals surface area contributed by atoms with Crippen molar-refractivity contribution in [2.45, 2.75) is 26.4 Å². The van der Waals surface area contributed by atoms with Crippen LogP contribution in [0.4, 0.5) is 0 Å². The highest BCUT2D eigenvalue weighted by molar-refractivity contribution is 5.97. The predicted octanol–water partition coefficient (Wildman–Crippen LogP) is 4.61. The maximum atomic E-state index is 13.3. The minimum Gasteiger partial charge on any atom is -0.497 e. The summed E-state index contributed by atoms with van der Waals surface area (Å²) in [6.45, 7) is 4.07. The minimum atomic E-state index is -0.0428. The summed E-state index contributed by atoms with van der Waals surface area (Å²) in [6, 6.07) is 19.7. The largest absolute Gasteiger partial charge is 0.497 e. The van der Waals surface area contributed by atoms with Gasteiger partial charge in [0.05, 0.1) is 26.3 Å². The van der Waals surface area contributed by atoms with Crippen LogP contribution in [0.2, 0.25) is 0 Å². The first-order valence-corrected chi connectivity index (χ1v) is 9.85. The summed E-state index contributed by atoms with van der Waals surface area (Å²) in [5, 5.41) is 0. The van der Waals surface area contributed by atoms with Crippen molar-refractivity contribution in [1.82, 2.24) is 9.47 Å². The Bertz CT molecular complexity index is 934. The zero-order valence-corrected chi connectivity index (χ0v) is 17.3. The Morgan fingerprint density at radius 1 is 1.00 bits per heavy atom. The maximum absolute atomic E-state index is 13.3. The van der Waals surface area contributed by atoms with Crippen LogP contribution in [0.3, 0.4) is 0 Å². The van der Waals surface area contributed by atoms with Crippen LogP contribution in [0.1, 0.15) is 35.0 Å². The molecule has 2 aromatic carbocycles. The van der Waals surface area contributed by atoms with Crippen LogP contribution in [0.25, 0.3) is 0 Å². The number of rotatable bonds is 9. The van der Waals surface area contributed by atoms with E-state index >= 15 is 0 Å². The highest BCUT2D eigenvalue weighted by atomic mass is 16.5. The van der Waals surface area contributed by atoms with E-state index in [1.54, 1.807) is 32.4 Å². The van der Waals surface area contributed by atoms with Gasteiger partial charge in [-0.3, -0.25) is 4.79 Å². The zero-order chi connectivity index (χ0) is 20.6. The first-order chi connectivity index (χ1) is 14.2. The average molecular weight is 392 g/mol. The Morgan fingerprint density at radius 3 is 2.48 bits per heavy atom. The summed E-state index contributed by atoms with van der Waals surface area (Å²) in [6.07, 6.45) is 2.94. The molecule has 0 aliphatic carbocycles. The van der Waals surface area contributed by atoms with E-state index in [1.807, 2.05) is 29.2 Å². The lowest BCUT2D eigenvalue weighted by Crippen LogP contribution is -2.32. The van der Waals surface area contributed by atoms with E-state index in [-0.39, 0.29) is 5.91 Å². The summed E-state index contributed by atoms with van der Waals surface area (Å²) in [5.41, 5.74) is 2.88. The molecule has 5 heteroatoms. The van der Waals surface area contributed by atoms with E-state index in [0.717, 1.165) is 18.7 Å². The van der Waals surface area contributed by atoms with Gasteiger partial charge in [-0.2, -0.15) is 0 Å². The van der Waals surface area contributed by atoms with Gasteiger partial charge >= 0.3 is 0 Å². The lowest BCUT2D eigenvalue weighted by molar-refractivity contribution is 0.0736. The Morgan fingerprint density at radius 2 is 1.79 bits per heavy atom. The number of amides is 1. The van der Waals surface area contributed by atoms with Gasteiger partial charge in [0.1, 0.15) is 11.5 Å². The van der Waals surface area contributed by atoms with E-state index < -0.39 is 0 Å². The van der Waals surface area contributed by atoms with Crippen molar-refractivity contribution >= 4 is 5.91 Å². The molecule has 0 saturated heterocycles. The second-order valence-electron chi connectivity index (χ2n) is 6.91. The van der Waals surface area contributed by atoms with Crippen molar-refractivity contribution in [2.24, 2.45) is 0 Å². The Hall–Kier alpha value is -3.21. The van der Waals surface area contributed by atoms with Crippen molar-refractivity contribution in [1.29, 1.82) is 0 Å². The lowest BCUT2D eigenvalue weighted by Gasteiger charge is -2.24. The van der Waals surface area contributed by atoms with Gasteiger partial charge in [0, 0.05) is 31.0 Å². The molecule has 0 aliphatic rings. The van der Waals surface area contributed by atoms with Crippen molar-refractivity contribution in [3.63, 3.8) is 0 Å². The van der Waals surface area contributed by atoms with Gasteiger partial charge < -0.3 is 18.9 Å². The number of carbonyl (C=O) groups is 1. The van der Waals surface area contributed by atoms with Crippen LogP contribution in [-0.4, -0.2) is 36.1 Å². The molecule has 0 aliphatic heterocycles. The van der Waals surface area contributed by atoms with E-state index in [2.05, 4.69) is 35.9 Å². The number of hydrogen-bond donors (Lipinski definition) is 0. The van der Waals surface area contributed by atoms with Crippen molar-refractivity contribution in [2.75, 3.05) is 20.8 Å². The molecule has 1 aromatic heterocycles. The smallest absolute Gasteiger partial charge is 0.257 e. The average Bonchev–Trinajstić information content (AvgIpc) is 3.19. The topological polar surface area (TPSA) is 43.7 Å². The first kappa shape index (κ1) is 20.5. The number of aromatic nitrogens is 1. The highest BCUT2D eigenvalue weighted by Crippen LogP contribution is 2.26. The molecule has 3 rings (SSSR count). The van der Waals surface area contributed by atoms with Crippen LogP contribution in [-0.2, 0) is 13.1 Å². The zero-order valence-electron chi connectivity index (χ0n) is 17.3. The quantitative estimate of drug-likeness (QED) is 0.534. The number of carbonyl (C=O) groups excluding carboxylic acids is 1. The third-order valence-electron chi connectivity index (χ3n) is 4.89. The van der Waals surface area contributed by atoms with Crippen LogP contribution in [0.5, 0.6) is 11.5 Å². The number of hydrogen-bond acceptors (Lipinski definition) is 3. The number of nitrogens with zero attached hydrogens (tertiary/aromatic N) is 2. The molecule has 0 unspecified atom stereocenters. The van der Waals surface area contributed by atoms with Gasteiger partial charge in [0.15, 0.2) is 0 Å². The van der Waals surface area contributed by atoms with Crippen LogP contribution < -0.4 is 9.47 Å². The monoisotopic (exact) mass is 392 g/mol. The molecule has 152 valence electrons. The van der Waals surface area contributed by atoms with Gasteiger partial charge in [0.2, 0.25) is 0 Å². The molecule has 0 spiro atoms. The second-order valence-corrected chi connectivity index (χ2v) is 6.91. The fourth-order valence-electron chi connectivity index (χ4n) is 3.39. The molecular formula is C24H28N2O3. The number of benzene rings is 2. The molecule has 5 nitrogen and oxygen atoms in total. The number of methoxy groups -OCH3 is 2. The molecule has 1 heterocycles. The summed E-state index contributed by atoms with van der Waals surface area (Å²) in [4.78, 5) is 15.2. The highest BCUT2D eigenvalue weighted by Gasteiger charge is 2.21. The Labute approximate surface area is 172 Å². The molecule has 0 bridgehead atoms. The third-order valence-corrected chi connectivity index (χ3v) is 4.89. The summed E-state index contributed by atoms with van der Waals surface area (Å²) < 4.78 is 12.9. The molecule has 0 N–H and O–H groups in total. The van der Waals surface area contributed by atoms with E-state index in [9.17, 15) is 4.79 Å². The fourth-order valence-corrected chi connectivity index (χ4v) is 3.39. The van der Waals surface area contributed by atoms with E-state index in [0.29, 0.717) is 30.2 Å². The second kappa shape index (κ2) is 9.82. The summed E-state index contributed by atoms with van der Waals surface area (Å²) in [5.74, 6) is 1.14. The van der Waals surface area contributed by atoms with Gasteiger partial charge in [-0.05, 0) is 36.2 Å². The maximum Gasteiger partial charge on any atom is 0.257 e. The molecule has 0 radical (unpaired) electrons. The molecule has 29 heavy (non-hydrogen) atoms. The van der Waals surface area contributed by atoms with E-state index in [1.165, 1.54) is 5.56 Å². The molecule has 0 atom stereocenters. The van der Waals surface area contributed by atoms with Gasteiger partial charge in [-0.25, -0.2) is 0 Å². The van der Waals surface area contributed by atoms with Crippen LogP contribution >= 0.6 is 0 Å². The molecule has 1 amide bonds. The Balaban J connectivity index is 1.83. The van der Waals surface area contributed by atoms with Crippen molar-refractivity contribution in [3.8, 4) is 11.5 Å². The fraction of sp³-hybridized carbons (Fsp3) is 0.292. The summed E-state index contributed by atoms with van der Waals surface area (Å²) >= 11 is 0. The van der Waals surface area contributed by atoms with E-state index in [4.69, 9.17) is 9.47 Å². The van der Waals surface area contributed by atoms with Crippen molar-refractivity contribution < 1.29 is 14.3 Å². The van der Waals surface area contributed by atoms with Crippen LogP contribution in [0, 0.1) is 0 Å². The lowest BCUT2D eigenvalue weighted by atomic mass is 10.1. The molecule has 0 fully saturated rings. The normalized spacial score (nSPS) is 10.6. The minimum absolute atomic E-state index is 0.0428. The van der Waals surface area contributed by atoms with Gasteiger partial charge in [0.25, 0.3) is 5.91 Å². The van der Waals surface area contributed by atoms with Gasteiger partial charge in [-0.1, -0.05) is 37.3 Å². The number of ether oxygens (including phenoxy) is 2. The molecule has 3 aromatic rings. The summed E-state index contributed by atoms with van der Waals surface area (Å²) in [7, 11) is 3.17. The Kier molecular flexibility index (Phi) is 6.95. The molecule has 0 saturated carbocycles. The first-order valence-electron chi connectivity index (χ1n) is 9.85. The SMILES string of the molecule is CCCN(Cc1cccn1Cc1ccccc1)C(=O)c1ccc(OC)cc1OC. The van der Waals surface area contributed by atoms with Crippen molar-refractivity contribution in [3.05, 3.63) is 83.7 Å². The van der Waals surface area contributed by atoms with Crippen LogP contribution in [0.15, 0.2) is 66.9 Å². The van der Waals surface area contributed by atoms with Gasteiger partial charge in [-0.15, -0.1) is 0 Å². The molecular weight excluding hydrogens is 364 g/mol. The standard InChI is InChI=1S/C24H28N2O3/c1-4-14-26(24(27)22-13-12-21(28-2)16-23(22)29-3)18-20-11-8-15-25(20)17-19-9-6-5-7-10-19/h5-13,15-16H,4,14,17-18H2,1-3H3. The predicted molar refractivity (Wildman–Crippen MR) is 115 cm³/mol. The third kappa shape index (κ3) is 4.99.